The van der Waals surface area contributed by atoms with Crippen LogP contribution in [0.5, 0.6) is 0 Å². The van der Waals surface area contributed by atoms with E-state index in [-0.39, 0.29) is 5.76 Å². The summed E-state index contributed by atoms with van der Waals surface area (Å²) in [6.45, 7) is 2.11. The number of aliphatic hydroxyl groups is 1. The molecule has 2 aromatic rings. The van der Waals surface area contributed by atoms with Crippen molar-refractivity contribution in [2.45, 2.75) is 19.6 Å². The fourth-order valence-electron chi connectivity index (χ4n) is 1.96. The van der Waals surface area contributed by atoms with Crippen molar-refractivity contribution in [3.63, 3.8) is 0 Å². The molecule has 1 heterocycles. The lowest BCUT2D eigenvalue weighted by Gasteiger charge is -2.13. The molecule has 1 aromatic carbocycles. The first-order valence-corrected chi connectivity index (χ1v) is 6.29. The molecule has 0 saturated carbocycles. The summed E-state index contributed by atoms with van der Waals surface area (Å²) in [4.78, 5) is 11.5. The van der Waals surface area contributed by atoms with E-state index in [1.165, 1.54) is 13.4 Å². The number of rotatable bonds is 5. The van der Waals surface area contributed by atoms with Crippen LogP contribution in [-0.4, -0.2) is 18.2 Å². The van der Waals surface area contributed by atoms with Crippen molar-refractivity contribution in [1.82, 2.24) is 0 Å². The number of benzene rings is 1. The number of carbonyl (C=O) groups excluding carboxylic acids is 1. The van der Waals surface area contributed by atoms with Gasteiger partial charge in [-0.3, -0.25) is 0 Å². The summed E-state index contributed by atoms with van der Waals surface area (Å²) in [6, 6.07) is 9.18. The highest BCUT2D eigenvalue weighted by Gasteiger charge is 2.16. The van der Waals surface area contributed by atoms with E-state index in [9.17, 15) is 9.90 Å². The average Bonchev–Trinajstić information content (AvgIpc) is 2.92. The molecule has 0 aliphatic heterocycles. The first-order chi connectivity index (χ1) is 9.63. The summed E-state index contributed by atoms with van der Waals surface area (Å²) >= 11 is 0. The molecule has 1 atom stereocenters. The predicted octanol–water partition coefficient (Wildman–Crippen LogP) is 2.73. The lowest BCUT2D eigenvalue weighted by molar-refractivity contribution is 0.0563. The average molecular weight is 275 g/mol. The molecule has 0 aliphatic carbocycles. The first-order valence-electron chi connectivity index (χ1n) is 6.29. The topological polar surface area (TPSA) is 71.7 Å². The number of furan rings is 1. The number of aliphatic hydroxyl groups excluding tert-OH is 1. The number of hydrogen-bond acceptors (Lipinski definition) is 5. The second kappa shape index (κ2) is 6.25. The predicted molar refractivity (Wildman–Crippen MR) is 74.5 cm³/mol. The van der Waals surface area contributed by atoms with Gasteiger partial charge in [0.25, 0.3) is 0 Å². The van der Waals surface area contributed by atoms with Crippen LogP contribution in [0.25, 0.3) is 0 Å². The maximum atomic E-state index is 11.5. The van der Waals surface area contributed by atoms with Gasteiger partial charge < -0.3 is 19.6 Å². The van der Waals surface area contributed by atoms with E-state index >= 15 is 0 Å². The van der Waals surface area contributed by atoms with Gasteiger partial charge in [0.1, 0.15) is 0 Å². The minimum absolute atomic E-state index is 0.189. The number of methoxy groups -OCH3 is 1. The summed E-state index contributed by atoms with van der Waals surface area (Å²) in [5.41, 5.74) is 2.33. The number of anilines is 1. The molecule has 0 saturated heterocycles. The first kappa shape index (κ1) is 14.1. The maximum Gasteiger partial charge on any atom is 0.374 e. The number of esters is 1. The monoisotopic (exact) mass is 275 g/mol. The minimum atomic E-state index is -0.567. The van der Waals surface area contributed by atoms with Gasteiger partial charge in [0, 0.05) is 23.4 Å². The van der Waals surface area contributed by atoms with Crippen LogP contribution in [0.15, 0.2) is 41.0 Å². The van der Waals surface area contributed by atoms with Gasteiger partial charge in [-0.25, -0.2) is 4.79 Å². The van der Waals surface area contributed by atoms with Crippen LogP contribution in [0.2, 0.25) is 0 Å². The molecule has 2 N–H and O–H groups in total. The zero-order valence-corrected chi connectivity index (χ0v) is 11.4. The zero-order valence-electron chi connectivity index (χ0n) is 11.4. The summed E-state index contributed by atoms with van der Waals surface area (Å²) in [5, 5.41) is 12.9. The number of para-hydroxylation sites is 1. The van der Waals surface area contributed by atoms with E-state index in [1.54, 1.807) is 13.0 Å². The Morgan fingerprint density at radius 1 is 1.40 bits per heavy atom. The molecule has 1 unspecified atom stereocenters. The SMILES string of the molecule is COC(=O)c1occc1CNc1ccccc1C(C)O. The van der Waals surface area contributed by atoms with Crippen LogP contribution in [-0.2, 0) is 11.3 Å². The van der Waals surface area contributed by atoms with Crippen molar-refractivity contribution in [2.75, 3.05) is 12.4 Å². The Hall–Kier alpha value is -2.27. The molecule has 106 valence electrons. The van der Waals surface area contributed by atoms with Gasteiger partial charge in [-0.1, -0.05) is 18.2 Å². The number of nitrogens with one attached hydrogen (secondary N) is 1. The highest BCUT2D eigenvalue weighted by Crippen LogP contribution is 2.23. The van der Waals surface area contributed by atoms with Gasteiger partial charge in [-0.2, -0.15) is 0 Å². The zero-order chi connectivity index (χ0) is 14.5. The Morgan fingerprint density at radius 2 is 2.15 bits per heavy atom. The molecule has 0 spiro atoms. The standard InChI is InChI=1S/C15H17NO4/c1-10(17)12-5-3-4-6-13(12)16-9-11-7-8-20-14(11)15(18)19-2/h3-8,10,16-17H,9H2,1-2H3. The smallest absolute Gasteiger partial charge is 0.374 e. The molecule has 0 aliphatic rings. The third-order valence-corrected chi connectivity index (χ3v) is 3.00. The lowest BCUT2D eigenvalue weighted by Crippen LogP contribution is -2.08. The molecule has 20 heavy (non-hydrogen) atoms. The molecule has 5 nitrogen and oxygen atoms in total. The van der Waals surface area contributed by atoms with E-state index in [1.807, 2.05) is 24.3 Å². The van der Waals surface area contributed by atoms with Gasteiger partial charge in [0.2, 0.25) is 5.76 Å². The van der Waals surface area contributed by atoms with Gasteiger partial charge in [0.05, 0.1) is 19.5 Å². The van der Waals surface area contributed by atoms with Crippen molar-refractivity contribution in [1.29, 1.82) is 0 Å². The molecular formula is C15H17NO4. The largest absolute Gasteiger partial charge is 0.463 e. The van der Waals surface area contributed by atoms with Crippen molar-refractivity contribution in [3.8, 4) is 0 Å². The minimum Gasteiger partial charge on any atom is -0.463 e. The Labute approximate surface area is 117 Å². The van der Waals surface area contributed by atoms with Gasteiger partial charge >= 0.3 is 5.97 Å². The van der Waals surface area contributed by atoms with Crippen molar-refractivity contribution >= 4 is 11.7 Å². The van der Waals surface area contributed by atoms with E-state index in [4.69, 9.17) is 4.42 Å². The van der Waals surface area contributed by atoms with Gasteiger partial charge in [-0.15, -0.1) is 0 Å². The summed E-state index contributed by atoms with van der Waals surface area (Å²) in [6.07, 6.45) is 0.882. The summed E-state index contributed by atoms with van der Waals surface area (Å²) in [7, 11) is 1.31. The van der Waals surface area contributed by atoms with Crippen LogP contribution in [0, 0.1) is 0 Å². The normalized spacial score (nSPS) is 11.9. The Bertz CT molecular complexity index is 589. The Morgan fingerprint density at radius 3 is 2.85 bits per heavy atom. The molecule has 1 aromatic heterocycles. The molecule has 0 radical (unpaired) electrons. The molecule has 5 heteroatoms. The van der Waals surface area contributed by atoms with Gasteiger partial charge in [-0.05, 0) is 19.1 Å². The summed E-state index contributed by atoms with van der Waals surface area (Å²) < 4.78 is 9.77. The Balaban J connectivity index is 2.14. The molecule has 0 amide bonds. The van der Waals surface area contributed by atoms with Crippen molar-refractivity contribution in [3.05, 3.63) is 53.5 Å². The third kappa shape index (κ3) is 3.00. The fraction of sp³-hybridized carbons (Fsp3) is 0.267. The van der Waals surface area contributed by atoms with E-state index in [2.05, 4.69) is 10.1 Å². The molecule has 2 rings (SSSR count). The molecular weight excluding hydrogens is 258 g/mol. The van der Waals surface area contributed by atoms with Crippen LogP contribution in [0.1, 0.15) is 34.7 Å². The lowest BCUT2D eigenvalue weighted by atomic mass is 10.1. The highest BCUT2D eigenvalue weighted by atomic mass is 16.5. The molecule has 0 bridgehead atoms. The quantitative estimate of drug-likeness (QED) is 0.821. The van der Waals surface area contributed by atoms with Crippen LogP contribution < -0.4 is 5.32 Å². The number of hydrogen-bond donors (Lipinski definition) is 2. The van der Waals surface area contributed by atoms with Crippen LogP contribution in [0.4, 0.5) is 5.69 Å². The van der Waals surface area contributed by atoms with E-state index < -0.39 is 12.1 Å². The van der Waals surface area contributed by atoms with Crippen LogP contribution in [0.3, 0.4) is 0 Å². The van der Waals surface area contributed by atoms with Gasteiger partial charge in [0.15, 0.2) is 0 Å². The highest BCUT2D eigenvalue weighted by molar-refractivity contribution is 5.87. The number of carbonyl (C=O) groups is 1. The summed E-state index contributed by atoms with van der Waals surface area (Å²) in [5.74, 6) is -0.315. The second-order valence-corrected chi connectivity index (χ2v) is 4.38. The molecule has 0 fully saturated rings. The van der Waals surface area contributed by atoms with Crippen molar-refractivity contribution in [2.24, 2.45) is 0 Å². The maximum absolute atomic E-state index is 11.5. The van der Waals surface area contributed by atoms with Crippen molar-refractivity contribution < 1.29 is 19.1 Å². The van der Waals surface area contributed by atoms with E-state index in [0.29, 0.717) is 12.1 Å². The number of ether oxygens (including phenoxy) is 1. The third-order valence-electron chi connectivity index (χ3n) is 3.00. The van der Waals surface area contributed by atoms with Crippen LogP contribution >= 0.6 is 0 Å². The Kier molecular flexibility index (Phi) is 4.42. The van der Waals surface area contributed by atoms with E-state index in [0.717, 1.165) is 11.3 Å². The fourth-order valence-corrected chi connectivity index (χ4v) is 1.96. The second-order valence-electron chi connectivity index (χ2n) is 4.38.